The van der Waals surface area contributed by atoms with E-state index in [9.17, 15) is 14.9 Å². The van der Waals surface area contributed by atoms with Crippen molar-refractivity contribution in [1.82, 2.24) is 9.88 Å². The van der Waals surface area contributed by atoms with Crippen molar-refractivity contribution in [2.24, 2.45) is 5.73 Å². The molecule has 0 bridgehead atoms. The average Bonchev–Trinajstić information content (AvgIpc) is 3.17. The van der Waals surface area contributed by atoms with Crippen LogP contribution in [0.25, 0.3) is 10.9 Å². The van der Waals surface area contributed by atoms with Crippen molar-refractivity contribution in [3.8, 4) is 0 Å². The largest absolute Gasteiger partial charge is 0.384 e. The summed E-state index contributed by atoms with van der Waals surface area (Å²) in [6.45, 7) is 2.59. The van der Waals surface area contributed by atoms with Gasteiger partial charge in [0.05, 0.1) is 4.92 Å². The summed E-state index contributed by atoms with van der Waals surface area (Å²) in [6.07, 6.45) is 0. The van der Waals surface area contributed by atoms with Crippen molar-refractivity contribution in [3.63, 3.8) is 0 Å². The van der Waals surface area contributed by atoms with E-state index in [0.29, 0.717) is 23.4 Å². The molecule has 1 amide bonds. The van der Waals surface area contributed by atoms with Crippen LogP contribution in [0.5, 0.6) is 0 Å². The minimum Gasteiger partial charge on any atom is -0.384 e. The Morgan fingerprint density at radius 2 is 1.79 bits per heavy atom. The maximum absolute atomic E-state index is 13.2. The number of nitrogens with zero attached hydrogens (tertiary/aromatic N) is 2. The molecule has 0 saturated heterocycles. The lowest BCUT2D eigenvalue weighted by atomic mass is 10.1. The summed E-state index contributed by atoms with van der Waals surface area (Å²) in [6, 6.07) is 21.4. The van der Waals surface area contributed by atoms with E-state index in [0.717, 1.165) is 22.0 Å². The molecule has 8 nitrogen and oxygen atoms in total. The molecule has 0 unspecified atom stereocenters. The molecule has 0 radical (unpaired) electrons. The molecule has 8 heteroatoms. The number of hydrogen-bond donors (Lipinski definition) is 3. The Labute approximate surface area is 190 Å². The van der Waals surface area contributed by atoms with Crippen molar-refractivity contribution < 1.29 is 9.72 Å². The highest BCUT2D eigenvalue weighted by Crippen LogP contribution is 2.25. The first-order chi connectivity index (χ1) is 15.8. The van der Waals surface area contributed by atoms with Crippen LogP contribution in [0.4, 0.5) is 5.69 Å². The van der Waals surface area contributed by atoms with Gasteiger partial charge >= 0.3 is 0 Å². The number of rotatable bonds is 7. The number of non-ortho nitro benzene ring substituents is 1. The number of fused-ring (bicyclic) bond motifs is 1. The molecular weight excluding hydrogens is 418 g/mol. The van der Waals surface area contributed by atoms with Crippen molar-refractivity contribution >= 4 is 28.3 Å². The van der Waals surface area contributed by atoms with Gasteiger partial charge < -0.3 is 15.6 Å². The molecule has 4 N–H and O–H groups in total. The number of amides is 1. The highest BCUT2D eigenvalue weighted by Gasteiger charge is 2.17. The lowest BCUT2D eigenvalue weighted by Crippen LogP contribution is -2.25. The predicted molar refractivity (Wildman–Crippen MR) is 128 cm³/mol. The van der Waals surface area contributed by atoms with Crippen molar-refractivity contribution in [1.29, 1.82) is 5.41 Å². The quantitative estimate of drug-likeness (QED) is 0.172. The second-order valence-corrected chi connectivity index (χ2v) is 7.85. The number of nitrogens with two attached hydrogens (primary N) is 1. The van der Waals surface area contributed by atoms with Crippen LogP contribution < -0.4 is 11.1 Å². The third-order valence-corrected chi connectivity index (χ3v) is 5.55. The topological polar surface area (TPSA) is 127 Å². The second-order valence-electron chi connectivity index (χ2n) is 7.85. The predicted octanol–water partition coefficient (Wildman–Crippen LogP) is 4.12. The molecule has 0 atom stereocenters. The number of carbonyl (C=O) groups is 1. The van der Waals surface area contributed by atoms with E-state index in [-0.39, 0.29) is 24.0 Å². The fourth-order valence-electron chi connectivity index (χ4n) is 3.86. The maximum atomic E-state index is 13.2. The smallest absolute Gasteiger partial charge is 0.269 e. The summed E-state index contributed by atoms with van der Waals surface area (Å²) in [7, 11) is 0. The summed E-state index contributed by atoms with van der Waals surface area (Å²) in [5, 5.41) is 22.6. The molecular formula is C25H23N5O3. The maximum Gasteiger partial charge on any atom is 0.269 e. The van der Waals surface area contributed by atoms with Gasteiger partial charge in [-0.25, -0.2) is 0 Å². The van der Waals surface area contributed by atoms with E-state index in [2.05, 4.69) is 5.32 Å². The van der Waals surface area contributed by atoms with Crippen LogP contribution in [0.15, 0.2) is 72.8 Å². The summed E-state index contributed by atoms with van der Waals surface area (Å²) >= 11 is 0. The van der Waals surface area contributed by atoms with Gasteiger partial charge in [-0.1, -0.05) is 42.5 Å². The van der Waals surface area contributed by atoms with Crippen LogP contribution in [-0.2, 0) is 13.1 Å². The number of aromatic nitrogens is 1. The Kier molecular flexibility index (Phi) is 5.91. The van der Waals surface area contributed by atoms with E-state index in [1.165, 1.54) is 12.1 Å². The minimum atomic E-state index is -0.457. The number of hydrogen-bond acceptors (Lipinski definition) is 4. The molecule has 1 aromatic heterocycles. The molecule has 0 saturated carbocycles. The average molecular weight is 441 g/mol. The van der Waals surface area contributed by atoms with E-state index in [4.69, 9.17) is 11.1 Å². The van der Waals surface area contributed by atoms with Crippen LogP contribution in [0.2, 0.25) is 0 Å². The number of aryl methyl sites for hydroxylation is 1. The second kappa shape index (κ2) is 8.96. The molecule has 4 aromatic rings. The zero-order valence-electron chi connectivity index (χ0n) is 18.0. The van der Waals surface area contributed by atoms with Crippen LogP contribution in [0.3, 0.4) is 0 Å². The minimum absolute atomic E-state index is 0.0139. The Morgan fingerprint density at radius 1 is 1.06 bits per heavy atom. The summed E-state index contributed by atoms with van der Waals surface area (Å²) in [5.74, 6) is -0.292. The summed E-state index contributed by atoms with van der Waals surface area (Å²) in [4.78, 5) is 23.7. The van der Waals surface area contributed by atoms with Gasteiger partial charge in [-0.3, -0.25) is 20.3 Å². The van der Waals surface area contributed by atoms with Gasteiger partial charge in [0.15, 0.2) is 0 Å². The fraction of sp³-hybridized carbons (Fsp3) is 0.120. The first-order valence-corrected chi connectivity index (χ1v) is 10.4. The lowest BCUT2D eigenvalue weighted by molar-refractivity contribution is -0.384. The first-order valence-electron chi connectivity index (χ1n) is 10.4. The zero-order chi connectivity index (χ0) is 23.5. The Bertz CT molecular complexity index is 1390. The Balaban J connectivity index is 1.67. The van der Waals surface area contributed by atoms with E-state index >= 15 is 0 Å². The first kappa shape index (κ1) is 21.8. The van der Waals surface area contributed by atoms with Crippen LogP contribution in [0.1, 0.15) is 32.7 Å². The number of nitro benzene ring substituents is 1. The fourth-order valence-corrected chi connectivity index (χ4v) is 3.86. The van der Waals surface area contributed by atoms with Crippen LogP contribution in [0, 0.1) is 22.4 Å². The number of benzene rings is 3. The van der Waals surface area contributed by atoms with Gasteiger partial charge in [-0.05, 0) is 41.8 Å². The standard InChI is InChI=1S/C25H23N5O3/c1-16-5-2-10-22-21(16)13-23(29(22)15-18-7-3-8-19(11-18)24(26)27)25(31)28-14-17-6-4-9-20(12-17)30(32)33/h2-13H,14-15H2,1H3,(H3,26,27)(H,28,31). The summed E-state index contributed by atoms with van der Waals surface area (Å²) in [5.41, 5.74) is 10.3. The lowest BCUT2D eigenvalue weighted by Gasteiger charge is -2.12. The molecule has 3 aromatic carbocycles. The monoisotopic (exact) mass is 441 g/mol. The van der Waals surface area contributed by atoms with E-state index < -0.39 is 4.92 Å². The SMILES string of the molecule is Cc1cccc2c1cc(C(=O)NCc1cccc([N+](=O)[O-])c1)n2Cc1cccc(C(=N)N)c1. The molecule has 166 valence electrons. The van der Waals surface area contributed by atoms with Gasteiger partial charge in [0.1, 0.15) is 11.5 Å². The van der Waals surface area contributed by atoms with E-state index in [1.54, 1.807) is 18.2 Å². The van der Waals surface area contributed by atoms with Crippen LogP contribution >= 0.6 is 0 Å². The zero-order valence-corrected chi connectivity index (χ0v) is 18.0. The van der Waals surface area contributed by atoms with Crippen LogP contribution in [-0.4, -0.2) is 21.2 Å². The highest BCUT2D eigenvalue weighted by atomic mass is 16.6. The number of nitro groups is 1. The molecule has 0 aliphatic rings. The van der Waals surface area contributed by atoms with Gasteiger partial charge in [0.2, 0.25) is 0 Å². The van der Waals surface area contributed by atoms with Crippen molar-refractivity contribution in [2.45, 2.75) is 20.0 Å². The van der Waals surface area contributed by atoms with Gasteiger partial charge in [-0.2, -0.15) is 0 Å². The number of carbonyl (C=O) groups excluding carboxylic acids is 1. The van der Waals surface area contributed by atoms with Crippen molar-refractivity contribution in [3.05, 3.63) is 111 Å². The third-order valence-electron chi connectivity index (χ3n) is 5.55. The molecule has 1 heterocycles. The molecule has 33 heavy (non-hydrogen) atoms. The Morgan fingerprint density at radius 3 is 2.55 bits per heavy atom. The van der Waals surface area contributed by atoms with Crippen molar-refractivity contribution in [2.75, 3.05) is 0 Å². The molecule has 0 fully saturated rings. The number of nitrogens with one attached hydrogen (secondary N) is 2. The molecule has 0 spiro atoms. The highest BCUT2D eigenvalue weighted by molar-refractivity contribution is 5.99. The summed E-state index contributed by atoms with van der Waals surface area (Å²) < 4.78 is 1.93. The molecule has 0 aliphatic heterocycles. The third kappa shape index (κ3) is 4.59. The number of nitrogen functional groups attached to an aromatic ring is 1. The normalized spacial score (nSPS) is 10.8. The van der Waals surface area contributed by atoms with E-state index in [1.807, 2.05) is 54.0 Å². The van der Waals surface area contributed by atoms with Gasteiger partial charge in [0, 0.05) is 41.7 Å². The van der Waals surface area contributed by atoms with Gasteiger partial charge in [-0.15, -0.1) is 0 Å². The van der Waals surface area contributed by atoms with Gasteiger partial charge in [0.25, 0.3) is 11.6 Å². The molecule has 0 aliphatic carbocycles. The Hall–Kier alpha value is -4.46. The number of amidine groups is 1. The molecule has 4 rings (SSSR count).